The first-order chi connectivity index (χ1) is 6.85. The van der Waals surface area contributed by atoms with E-state index in [0.29, 0.717) is 19.8 Å². The average molecular weight is 200 g/mol. The molecule has 0 unspecified atom stereocenters. The van der Waals surface area contributed by atoms with Crippen LogP contribution in [-0.2, 0) is 14.2 Å². The highest BCUT2D eigenvalue weighted by atomic mass is 16.7. The standard InChI is InChI=1S/C11H20O3/c1-4-12-10-8-7-9-11(13-5-2)14-6-3/h11H,4-6,8,10H2,1-3H3. The first kappa shape index (κ1) is 13.4. The van der Waals surface area contributed by atoms with E-state index in [-0.39, 0.29) is 6.29 Å². The van der Waals surface area contributed by atoms with Crippen LogP contribution < -0.4 is 0 Å². The third-order valence-corrected chi connectivity index (χ3v) is 1.43. The van der Waals surface area contributed by atoms with E-state index in [9.17, 15) is 0 Å². The first-order valence-electron chi connectivity index (χ1n) is 5.14. The van der Waals surface area contributed by atoms with Gasteiger partial charge in [-0.3, -0.25) is 0 Å². The Morgan fingerprint density at radius 3 is 2.14 bits per heavy atom. The smallest absolute Gasteiger partial charge is 0.222 e. The Kier molecular flexibility index (Phi) is 10.1. The molecule has 0 radical (unpaired) electrons. The molecule has 0 aliphatic rings. The monoisotopic (exact) mass is 200 g/mol. The van der Waals surface area contributed by atoms with Crippen molar-refractivity contribution in [2.24, 2.45) is 0 Å². The molecule has 82 valence electrons. The molecule has 0 aromatic carbocycles. The van der Waals surface area contributed by atoms with E-state index < -0.39 is 0 Å². The number of ether oxygens (including phenoxy) is 3. The summed E-state index contributed by atoms with van der Waals surface area (Å²) in [6.07, 6.45) is 0.344. The third kappa shape index (κ3) is 8.06. The molecule has 0 aromatic heterocycles. The summed E-state index contributed by atoms with van der Waals surface area (Å²) < 4.78 is 15.7. The molecule has 0 rings (SSSR count). The lowest BCUT2D eigenvalue weighted by molar-refractivity contribution is -0.0970. The van der Waals surface area contributed by atoms with Gasteiger partial charge < -0.3 is 14.2 Å². The van der Waals surface area contributed by atoms with Gasteiger partial charge in [-0.05, 0) is 26.7 Å². The van der Waals surface area contributed by atoms with Crippen LogP contribution in [0.15, 0.2) is 0 Å². The maximum absolute atomic E-state index is 5.25. The molecular formula is C11H20O3. The van der Waals surface area contributed by atoms with Crippen LogP contribution in [0.3, 0.4) is 0 Å². The quantitative estimate of drug-likeness (QED) is 0.356. The Morgan fingerprint density at radius 1 is 1.00 bits per heavy atom. The van der Waals surface area contributed by atoms with E-state index >= 15 is 0 Å². The van der Waals surface area contributed by atoms with Gasteiger partial charge in [-0.2, -0.15) is 0 Å². The molecule has 0 spiro atoms. The summed E-state index contributed by atoms with van der Waals surface area (Å²) >= 11 is 0. The Hall–Kier alpha value is -0.560. The molecule has 0 heterocycles. The van der Waals surface area contributed by atoms with Gasteiger partial charge in [0.2, 0.25) is 6.29 Å². The van der Waals surface area contributed by atoms with Crippen LogP contribution >= 0.6 is 0 Å². The summed E-state index contributed by atoms with van der Waals surface area (Å²) in [5.41, 5.74) is 0. The lowest BCUT2D eigenvalue weighted by Gasteiger charge is -2.09. The highest BCUT2D eigenvalue weighted by molar-refractivity contribution is 5.02. The topological polar surface area (TPSA) is 27.7 Å². The van der Waals surface area contributed by atoms with Gasteiger partial charge in [0.15, 0.2) is 0 Å². The fourth-order valence-corrected chi connectivity index (χ4v) is 0.857. The van der Waals surface area contributed by atoms with E-state index in [1.54, 1.807) is 0 Å². The van der Waals surface area contributed by atoms with Crippen LogP contribution in [0.2, 0.25) is 0 Å². The molecule has 3 nitrogen and oxygen atoms in total. The Bertz CT molecular complexity index is 163. The van der Waals surface area contributed by atoms with Crippen LogP contribution in [0.1, 0.15) is 27.2 Å². The van der Waals surface area contributed by atoms with Gasteiger partial charge in [-0.25, -0.2) is 0 Å². The van der Waals surface area contributed by atoms with Gasteiger partial charge in [0, 0.05) is 26.2 Å². The van der Waals surface area contributed by atoms with Crippen molar-refractivity contribution in [1.29, 1.82) is 0 Å². The van der Waals surface area contributed by atoms with E-state index in [2.05, 4.69) is 11.8 Å². The van der Waals surface area contributed by atoms with Crippen LogP contribution in [0, 0.1) is 11.8 Å². The van der Waals surface area contributed by atoms with Crippen LogP contribution in [0.5, 0.6) is 0 Å². The second kappa shape index (κ2) is 10.5. The van der Waals surface area contributed by atoms with Gasteiger partial charge in [0.05, 0.1) is 6.61 Å². The van der Waals surface area contributed by atoms with Crippen molar-refractivity contribution in [2.75, 3.05) is 26.4 Å². The van der Waals surface area contributed by atoms with Gasteiger partial charge in [0.25, 0.3) is 0 Å². The summed E-state index contributed by atoms with van der Waals surface area (Å²) in [7, 11) is 0. The molecule has 0 bridgehead atoms. The van der Waals surface area contributed by atoms with E-state index in [0.717, 1.165) is 13.0 Å². The van der Waals surface area contributed by atoms with Gasteiger partial charge in [0.1, 0.15) is 0 Å². The van der Waals surface area contributed by atoms with E-state index in [4.69, 9.17) is 14.2 Å². The second-order valence-corrected chi connectivity index (χ2v) is 2.51. The molecule has 0 saturated heterocycles. The molecule has 0 atom stereocenters. The van der Waals surface area contributed by atoms with E-state index in [1.807, 2.05) is 20.8 Å². The largest absolute Gasteiger partial charge is 0.381 e. The summed E-state index contributed by atoms with van der Waals surface area (Å²) in [4.78, 5) is 0. The predicted molar refractivity (Wildman–Crippen MR) is 55.9 cm³/mol. The Balaban J connectivity index is 3.64. The van der Waals surface area contributed by atoms with Crippen LogP contribution in [-0.4, -0.2) is 32.7 Å². The summed E-state index contributed by atoms with van der Waals surface area (Å²) in [6.45, 7) is 8.46. The number of hydrogen-bond acceptors (Lipinski definition) is 3. The molecular weight excluding hydrogens is 180 g/mol. The van der Waals surface area contributed by atoms with Crippen molar-refractivity contribution in [1.82, 2.24) is 0 Å². The van der Waals surface area contributed by atoms with E-state index in [1.165, 1.54) is 0 Å². The Morgan fingerprint density at radius 2 is 1.64 bits per heavy atom. The highest BCUT2D eigenvalue weighted by Crippen LogP contribution is 1.93. The predicted octanol–water partition coefficient (Wildman–Crippen LogP) is 1.82. The van der Waals surface area contributed by atoms with Crippen molar-refractivity contribution < 1.29 is 14.2 Å². The van der Waals surface area contributed by atoms with Gasteiger partial charge >= 0.3 is 0 Å². The SMILES string of the molecule is CCOCCC#CC(OCC)OCC. The zero-order valence-electron chi connectivity index (χ0n) is 9.34. The first-order valence-corrected chi connectivity index (χ1v) is 5.14. The second-order valence-electron chi connectivity index (χ2n) is 2.51. The molecule has 0 N–H and O–H groups in total. The molecule has 14 heavy (non-hydrogen) atoms. The third-order valence-electron chi connectivity index (χ3n) is 1.43. The molecule has 0 aromatic rings. The fourth-order valence-electron chi connectivity index (χ4n) is 0.857. The van der Waals surface area contributed by atoms with Crippen molar-refractivity contribution in [3.8, 4) is 11.8 Å². The molecule has 0 aliphatic carbocycles. The normalized spacial score (nSPS) is 10.0. The van der Waals surface area contributed by atoms with Gasteiger partial charge in [-0.15, -0.1) is 0 Å². The molecule has 0 aliphatic heterocycles. The molecule has 0 amide bonds. The molecule has 3 heteroatoms. The van der Waals surface area contributed by atoms with Crippen molar-refractivity contribution in [3.63, 3.8) is 0 Å². The minimum absolute atomic E-state index is 0.383. The maximum Gasteiger partial charge on any atom is 0.222 e. The maximum atomic E-state index is 5.25. The lowest BCUT2D eigenvalue weighted by Crippen LogP contribution is -2.14. The number of hydrogen-bond donors (Lipinski definition) is 0. The number of rotatable bonds is 7. The average Bonchev–Trinajstić information content (AvgIpc) is 2.18. The minimum Gasteiger partial charge on any atom is -0.381 e. The minimum atomic E-state index is -0.383. The fraction of sp³-hybridized carbons (Fsp3) is 0.818. The summed E-state index contributed by atoms with van der Waals surface area (Å²) in [5.74, 6) is 5.87. The Labute approximate surface area is 86.7 Å². The molecule has 0 fully saturated rings. The lowest BCUT2D eigenvalue weighted by atomic mass is 10.4. The summed E-state index contributed by atoms with van der Waals surface area (Å²) in [5, 5.41) is 0. The highest BCUT2D eigenvalue weighted by Gasteiger charge is 2.00. The van der Waals surface area contributed by atoms with Crippen molar-refractivity contribution >= 4 is 0 Å². The summed E-state index contributed by atoms with van der Waals surface area (Å²) in [6, 6.07) is 0. The zero-order chi connectivity index (χ0) is 10.6. The van der Waals surface area contributed by atoms with Crippen molar-refractivity contribution in [3.05, 3.63) is 0 Å². The van der Waals surface area contributed by atoms with Crippen molar-refractivity contribution in [2.45, 2.75) is 33.5 Å². The van der Waals surface area contributed by atoms with Gasteiger partial charge in [-0.1, -0.05) is 5.92 Å². The van der Waals surface area contributed by atoms with Crippen LogP contribution in [0.4, 0.5) is 0 Å². The molecule has 0 saturated carbocycles. The zero-order valence-corrected chi connectivity index (χ0v) is 9.34. The van der Waals surface area contributed by atoms with Crippen LogP contribution in [0.25, 0.3) is 0 Å².